The molecule has 0 radical (unpaired) electrons. The minimum Gasteiger partial charge on any atom is -0.496 e. The average Bonchev–Trinajstić information content (AvgIpc) is 3.20. The standard InChI is InChI=1S/C32H31ClN4O2/c1-19(2)27-17-28(20(3)15-30(27)39-6)31-35-29-10-8-7-9-26(29)32(38)37(31)34-18-23-16-21(4)36(22(23)5)25-13-11-24(33)12-14-25/h7-19H,1-6H3. The SMILES string of the molecule is COc1cc(C)c(-c2nc3ccccc3c(=O)n2N=Cc2cc(C)n(-c3ccc(Cl)cc3)c2C)cc1C(C)C. The zero-order valence-corrected chi connectivity index (χ0v) is 23.7. The highest BCUT2D eigenvalue weighted by Gasteiger charge is 2.18. The monoisotopic (exact) mass is 538 g/mol. The summed E-state index contributed by atoms with van der Waals surface area (Å²) >= 11 is 6.10. The van der Waals surface area contributed by atoms with Gasteiger partial charge in [0.15, 0.2) is 5.82 Å². The molecule has 0 N–H and O–H groups in total. The van der Waals surface area contributed by atoms with Gasteiger partial charge in [0.2, 0.25) is 0 Å². The molecule has 2 heterocycles. The Morgan fingerprint density at radius 2 is 1.72 bits per heavy atom. The van der Waals surface area contributed by atoms with Gasteiger partial charge < -0.3 is 9.30 Å². The first-order valence-electron chi connectivity index (χ1n) is 12.9. The van der Waals surface area contributed by atoms with Crippen LogP contribution in [0.1, 0.15) is 47.8 Å². The Morgan fingerprint density at radius 3 is 2.41 bits per heavy atom. The molecule has 0 saturated carbocycles. The maximum atomic E-state index is 13.8. The summed E-state index contributed by atoms with van der Waals surface area (Å²) in [7, 11) is 1.68. The molecule has 198 valence electrons. The van der Waals surface area contributed by atoms with Crippen LogP contribution in [-0.2, 0) is 0 Å². The second-order valence-corrected chi connectivity index (χ2v) is 10.5. The summed E-state index contributed by atoms with van der Waals surface area (Å²) in [5, 5.41) is 5.94. The van der Waals surface area contributed by atoms with E-state index in [1.54, 1.807) is 19.4 Å². The van der Waals surface area contributed by atoms with E-state index in [1.807, 2.05) is 69.3 Å². The minimum atomic E-state index is -0.223. The van der Waals surface area contributed by atoms with Crippen molar-refractivity contribution in [3.63, 3.8) is 0 Å². The number of rotatable bonds is 6. The summed E-state index contributed by atoms with van der Waals surface area (Å²) < 4.78 is 9.20. The molecule has 0 fully saturated rings. The van der Waals surface area contributed by atoms with Crippen LogP contribution in [0.4, 0.5) is 0 Å². The number of nitrogens with zero attached hydrogens (tertiary/aromatic N) is 4. The second-order valence-electron chi connectivity index (χ2n) is 10.0. The number of aryl methyl sites for hydroxylation is 2. The number of benzene rings is 3. The van der Waals surface area contributed by atoms with Crippen LogP contribution in [0.2, 0.25) is 5.02 Å². The molecule has 0 saturated heterocycles. The molecule has 5 rings (SSSR count). The first kappa shape index (κ1) is 26.4. The van der Waals surface area contributed by atoms with Gasteiger partial charge in [-0.3, -0.25) is 4.79 Å². The summed E-state index contributed by atoms with van der Waals surface area (Å²) in [5.41, 5.74) is 7.21. The molecule has 6 nitrogen and oxygen atoms in total. The van der Waals surface area contributed by atoms with Gasteiger partial charge in [0.1, 0.15) is 5.75 Å². The predicted molar refractivity (Wildman–Crippen MR) is 160 cm³/mol. The molecule has 5 aromatic rings. The first-order valence-corrected chi connectivity index (χ1v) is 13.3. The Labute approximate surface area is 233 Å². The lowest BCUT2D eigenvalue weighted by molar-refractivity contribution is 0.407. The fraction of sp³-hybridized carbons (Fsp3) is 0.219. The van der Waals surface area contributed by atoms with Crippen molar-refractivity contribution in [2.75, 3.05) is 7.11 Å². The smallest absolute Gasteiger partial charge is 0.282 e. The van der Waals surface area contributed by atoms with E-state index in [2.05, 4.69) is 30.5 Å². The Bertz CT molecular complexity index is 1780. The average molecular weight is 539 g/mol. The molecule has 0 atom stereocenters. The number of hydrogen-bond acceptors (Lipinski definition) is 4. The van der Waals surface area contributed by atoms with Crippen molar-refractivity contribution >= 4 is 28.7 Å². The van der Waals surface area contributed by atoms with E-state index in [0.717, 1.165) is 45.1 Å². The largest absolute Gasteiger partial charge is 0.496 e. The molecule has 0 unspecified atom stereocenters. The van der Waals surface area contributed by atoms with Gasteiger partial charge >= 0.3 is 0 Å². The summed E-state index contributed by atoms with van der Waals surface area (Å²) in [6, 6.07) is 21.2. The fourth-order valence-corrected chi connectivity index (χ4v) is 5.12. The summed E-state index contributed by atoms with van der Waals surface area (Å²) in [6.45, 7) is 10.3. The predicted octanol–water partition coefficient (Wildman–Crippen LogP) is 7.45. The van der Waals surface area contributed by atoms with Crippen LogP contribution in [-0.4, -0.2) is 27.6 Å². The van der Waals surface area contributed by atoms with E-state index in [1.165, 1.54) is 4.68 Å². The van der Waals surface area contributed by atoms with E-state index in [9.17, 15) is 4.79 Å². The van der Waals surface area contributed by atoms with Crippen molar-refractivity contribution in [2.24, 2.45) is 5.10 Å². The van der Waals surface area contributed by atoms with Gasteiger partial charge in [-0.25, -0.2) is 4.98 Å². The Hall–Kier alpha value is -4.16. The zero-order chi connectivity index (χ0) is 27.8. The first-order chi connectivity index (χ1) is 18.7. The van der Waals surface area contributed by atoms with E-state index in [4.69, 9.17) is 26.4 Å². The van der Waals surface area contributed by atoms with E-state index in [-0.39, 0.29) is 11.5 Å². The van der Waals surface area contributed by atoms with Gasteiger partial charge in [-0.15, -0.1) is 0 Å². The molecule has 0 bridgehead atoms. The quantitative estimate of drug-likeness (QED) is 0.211. The molecule has 7 heteroatoms. The van der Waals surface area contributed by atoms with Crippen LogP contribution in [0.3, 0.4) is 0 Å². The third kappa shape index (κ3) is 4.88. The fourth-order valence-electron chi connectivity index (χ4n) is 5.00. The van der Waals surface area contributed by atoms with Crippen LogP contribution >= 0.6 is 11.6 Å². The number of fused-ring (bicyclic) bond motifs is 1. The highest BCUT2D eigenvalue weighted by molar-refractivity contribution is 6.30. The Kier molecular flexibility index (Phi) is 7.15. The number of halogens is 1. The molecule has 0 aliphatic rings. The van der Waals surface area contributed by atoms with E-state index >= 15 is 0 Å². The topological polar surface area (TPSA) is 61.4 Å². The molecule has 0 spiro atoms. The molecular weight excluding hydrogens is 508 g/mol. The Morgan fingerprint density at radius 1 is 1.00 bits per heavy atom. The van der Waals surface area contributed by atoms with Crippen molar-refractivity contribution in [2.45, 2.75) is 40.5 Å². The summed E-state index contributed by atoms with van der Waals surface area (Å²) in [5.74, 6) is 1.53. The number of aromatic nitrogens is 3. The van der Waals surface area contributed by atoms with Crippen molar-refractivity contribution in [1.82, 2.24) is 14.2 Å². The summed E-state index contributed by atoms with van der Waals surface area (Å²) in [4.78, 5) is 18.7. The van der Waals surface area contributed by atoms with Crippen LogP contribution < -0.4 is 10.3 Å². The van der Waals surface area contributed by atoms with Crippen LogP contribution in [0, 0.1) is 20.8 Å². The summed E-state index contributed by atoms with van der Waals surface area (Å²) in [6.07, 6.45) is 1.73. The third-order valence-corrected chi connectivity index (χ3v) is 7.31. The highest BCUT2D eigenvalue weighted by Crippen LogP contribution is 2.34. The number of para-hydroxylation sites is 1. The van der Waals surface area contributed by atoms with Crippen LogP contribution in [0.25, 0.3) is 28.0 Å². The normalized spacial score (nSPS) is 11.7. The molecule has 3 aromatic carbocycles. The van der Waals surface area contributed by atoms with E-state index in [0.29, 0.717) is 21.7 Å². The number of hydrogen-bond donors (Lipinski definition) is 0. The third-order valence-electron chi connectivity index (χ3n) is 7.06. The van der Waals surface area contributed by atoms with Crippen molar-refractivity contribution < 1.29 is 4.74 Å². The van der Waals surface area contributed by atoms with Gasteiger partial charge in [0.25, 0.3) is 5.56 Å². The molecule has 39 heavy (non-hydrogen) atoms. The molecule has 0 aliphatic carbocycles. The lowest BCUT2D eigenvalue weighted by atomic mass is 9.96. The molecular formula is C32H31ClN4O2. The van der Waals surface area contributed by atoms with Gasteiger partial charge in [0, 0.05) is 33.2 Å². The van der Waals surface area contributed by atoms with Crippen LogP contribution in [0.15, 0.2) is 76.6 Å². The highest BCUT2D eigenvalue weighted by atomic mass is 35.5. The lowest BCUT2D eigenvalue weighted by Crippen LogP contribution is -2.21. The van der Waals surface area contributed by atoms with Crippen molar-refractivity contribution in [1.29, 1.82) is 0 Å². The van der Waals surface area contributed by atoms with Gasteiger partial charge in [-0.1, -0.05) is 37.6 Å². The van der Waals surface area contributed by atoms with Gasteiger partial charge in [-0.05, 0) is 92.4 Å². The molecule has 2 aromatic heterocycles. The second kappa shape index (κ2) is 10.5. The lowest BCUT2D eigenvalue weighted by Gasteiger charge is -2.17. The van der Waals surface area contributed by atoms with Gasteiger partial charge in [-0.2, -0.15) is 9.78 Å². The van der Waals surface area contributed by atoms with Crippen molar-refractivity contribution in [3.05, 3.63) is 110 Å². The number of ether oxygens (including phenoxy) is 1. The minimum absolute atomic E-state index is 0.223. The van der Waals surface area contributed by atoms with Gasteiger partial charge in [0.05, 0.1) is 24.2 Å². The molecule has 0 aliphatic heterocycles. The zero-order valence-electron chi connectivity index (χ0n) is 23.0. The molecule has 0 amide bonds. The maximum Gasteiger partial charge on any atom is 0.282 e. The van der Waals surface area contributed by atoms with Crippen molar-refractivity contribution in [3.8, 4) is 22.8 Å². The Balaban J connectivity index is 1.70. The maximum absolute atomic E-state index is 13.8. The van der Waals surface area contributed by atoms with Crippen LogP contribution in [0.5, 0.6) is 5.75 Å². The number of methoxy groups -OCH3 is 1. The van der Waals surface area contributed by atoms with E-state index < -0.39 is 0 Å².